The Balaban J connectivity index is 1.81. The fraction of sp³-hybridized carbons (Fsp3) is 0.400. The van der Waals surface area contributed by atoms with Gasteiger partial charge in [0.2, 0.25) is 0 Å². The molecule has 3 rings (SSSR count). The van der Waals surface area contributed by atoms with E-state index in [1.54, 1.807) is 6.26 Å². The Morgan fingerprint density at radius 2 is 1.68 bits per heavy atom. The van der Waals surface area contributed by atoms with Gasteiger partial charge in [-0.1, -0.05) is 70.5 Å². The van der Waals surface area contributed by atoms with Crippen LogP contribution in [0.15, 0.2) is 64.0 Å². The molecule has 0 saturated carbocycles. The third kappa shape index (κ3) is 4.90. The summed E-state index contributed by atoms with van der Waals surface area (Å²) in [6.45, 7) is 11.3. The first-order chi connectivity index (χ1) is 13.4. The highest BCUT2D eigenvalue weighted by Gasteiger charge is 2.15. The van der Waals surface area contributed by atoms with Crippen LogP contribution in [0.5, 0.6) is 0 Å². The molecule has 0 aliphatic carbocycles. The number of hydrogen-bond donors (Lipinski definition) is 0. The van der Waals surface area contributed by atoms with Gasteiger partial charge in [0, 0.05) is 18.7 Å². The van der Waals surface area contributed by atoms with Gasteiger partial charge in [0.25, 0.3) is 0 Å². The zero-order valence-corrected chi connectivity index (χ0v) is 17.5. The van der Waals surface area contributed by atoms with Crippen LogP contribution in [0.3, 0.4) is 0 Å². The molecule has 0 unspecified atom stereocenters. The molecule has 0 bridgehead atoms. The number of nitrogens with zero attached hydrogens (tertiary/aromatic N) is 1. The molecule has 0 aliphatic rings. The predicted octanol–water partition coefficient (Wildman–Crippen LogP) is 5.89. The highest BCUT2D eigenvalue weighted by Crippen LogP contribution is 2.23. The van der Waals surface area contributed by atoms with E-state index in [2.05, 4.69) is 56.9 Å². The van der Waals surface area contributed by atoms with Gasteiger partial charge in [-0.15, -0.1) is 0 Å². The molecule has 0 fully saturated rings. The van der Waals surface area contributed by atoms with E-state index in [9.17, 15) is 4.79 Å². The summed E-state index contributed by atoms with van der Waals surface area (Å²) in [5.74, 6) is 0. The summed E-state index contributed by atoms with van der Waals surface area (Å²) in [6.07, 6.45) is 3.87. The van der Waals surface area contributed by atoms with Crippen LogP contribution in [0.4, 0.5) is 0 Å². The van der Waals surface area contributed by atoms with Crippen molar-refractivity contribution in [1.82, 2.24) is 4.90 Å². The second kappa shape index (κ2) is 8.74. The fourth-order valence-electron chi connectivity index (χ4n) is 3.43. The lowest BCUT2D eigenvalue weighted by Gasteiger charge is -2.23. The van der Waals surface area contributed by atoms with Gasteiger partial charge in [-0.05, 0) is 41.6 Å². The molecule has 1 heterocycles. The van der Waals surface area contributed by atoms with Crippen molar-refractivity contribution in [3.63, 3.8) is 0 Å². The van der Waals surface area contributed by atoms with Crippen molar-refractivity contribution in [2.45, 2.75) is 59.0 Å². The Morgan fingerprint density at radius 3 is 2.36 bits per heavy atom. The third-order valence-electron chi connectivity index (χ3n) is 5.20. The van der Waals surface area contributed by atoms with Gasteiger partial charge in [0.15, 0.2) is 5.43 Å². The van der Waals surface area contributed by atoms with Gasteiger partial charge in [0.05, 0.1) is 11.6 Å². The number of rotatable bonds is 7. The molecule has 0 aliphatic heterocycles. The van der Waals surface area contributed by atoms with E-state index in [4.69, 9.17) is 4.42 Å². The van der Waals surface area contributed by atoms with Crippen LogP contribution in [0.2, 0.25) is 0 Å². The maximum atomic E-state index is 12.9. The molecule has 3 heteroatoms. The minimum absolute atomic E-state index is 0.0754. The van der Waals surface area contributed by atoms with Crippen LogP contribution in [0.25, 0.3) is 11.0 Å². The van der Waals surface area contributed by atoms with Crippen molar-refractivity contribution >= 4 is 11.0 Å². The predicted molar refractivity (Wildman–Crippen MR) is 117 cm³/mol. The van der Waals surface area contributed by atoms with Crippen LogP contribution in [-0.2, 0) is 18.5 Å². The van der Waals surface area contributed by atoms with Crippen molar-refractivity contribution in [3.05, 3.63) is 81.7 Å². The number of fused-ring (bicyclic) bond motifs is 1. The van der Waals surface area contributed by atoms with Crippen LogP contribution >= 0.6 is 0 Å². The summed E-state index contributed by atoms with van der Waals surface area (Å²) in [7, 11) is 0. The summed E-state index contributed by atoms with van der Waals surface area (Å²) in [6, 6.07) is 16.3. The van der Waals surface area contributed by atoms with Gasteiger partial charge in [-0.3, -0.25) is 9.69 Å². The molecular weight excluding hydrogens is 346 g/mol. The first kappa shape index (κ1) is 20.3. The van der Waals surface area contributed by atoms with Gasteiger partial charge in [-0.25, -0.2) is 0 Å². The lowest BCUT2D eigenvalue weighted by atomic mass is 9.87. The summed E-state index contributed by atoms with van der Waals surface area (Å²) in [5.41, 5.74) is 4.22. The van der Waals surface area contributed by atoms with Crippen molar-refractivity contribution < 1.29 is 4.42 Å². The van der Waals surface area contributed by atoms with Crippen molar-refractivity contribution in [2.75, 3.05) is 6.54 Å². The average molecular weight is 378 g/mol. The van der Waals surface area contributed by atoms with Crippen LogP contribution in [-0.4, -0.2) is 11.4 Å². The van der Waals surface area contributed by atoms with E-state index < -0.39 is 0 Å². The van der Waals surface area contributed by atoms with E-state index in [0.29, 0.717) is 17.5 Å². The average Bonchev–Trinajstić information content (AvgIpc) is 2.68. The third-order valence-corrected chi connectivity index (χ3v) is 5.20. The first-order valence-electron chi connectivity index (χ1n) is 10.2. The normalized spacial score (nSPS) is 12.0. The van der Waals surface area contributed by atoms with E-state index in [0.717, 1.165) is 31.5 Å². The summed E-state index contributed by atoms with van der Waals surface area (Å²) in [4.78, 5) is 15.2. The quantitative estimate of drug-likeness (QED) is 0.514. The smallest absolute Gasteiger partial charge is 0.197 e. The van der Waals surface area contributed by atoms with Gasteiger partial charge < -0.3 is 4.42 Å². The minimum atomic E-state index is 0.0754. The maximum Gasteiger partial charge on any atom is 0.197 e. The fourth-order valence-corrected chi connectivity index (χ4v) is 3.43. The van der Waals surface area contributed by atoms with E-state index in [1.165, 1.54) is 11.1 Å². The van der Waals surface area contributed by atoms with E-state index >= 15 is 0 Å². The van der Waals surface area contributed by atoms with Crippen LogP contribution < -0.4 is 5.43 Å². The van der Waals surface area contributed by atoms with E-state index in [-0.39, 0.29) is 10.8 Å². The lowest BCUT2D eigenvalue weighted by molar-refractivity contribution is 0.250. The molecule has 1 aromatic heterocycles. The Hall–Kier alpha value is -2.39. The topological polar surface area (TPSA) is 33.5 Å². The standard InChI is InChI=1S/C25H31NO2/c1-5-6-15-26(16-19-11-13-21(14-12-19)25(2,3)4)17-20-18-28-23-10-8-7-9-22(23)24(20)27/h7-14,18H,5-6,15-17H2,1-4H3. The Labute approximate surface area is 168 Å². The second-order valence-electron chi connectivity index (χ2n) is 8.60. The molecule has 0 atom stereocenters. The number of benzene rings is 2. The highest BCUT2D eigenvalue weighted by molar-refractivity contribution is 5.76. The number of hydrogen-bond acceptors (Lipinski definition) is 3. The molecule has 148 valence electrons. The van der Waals surface area contributed by atoms with Crippen LogP contribution in [0, 0.1) is 0 Å². The number of unbranched alkanes of at least 4 members (excludes halogenated alkanes) is 1. The molecule has 0 radical (unpaired) electrons. The van der Waals surface area contributed by atoms with E-state index in [1.807, 2.05) is 24.3 Å². The summed E-state index contributed by atoms with van der Waals surface area (Å²) < 4.78 is 5.71. The Kier molecular flexibility index (Phi) is 6.35. The monoisotopic (exact) mass is 377 g/mol. The second-order valence-corrected chi connectivity index (χ2v) is 8.60. The zero-order chi connectivity index (χ0) is 20.1. The molecule has 3 nitrogen and oxygen atoms in total. The molecule has 0 spiro atoms. The Morgan fingerprint density at radius 1 is 0.964 bits per heavy atom. The lowest BCUT2D eigenvalue weighted by Crippen LogP contribution is -2.27. The molecule has 0 saturated heterocycles. The summed E-state index contributed by atoms with van der Waals surface area (Å²) >= 11 is 0. The molecule has 3 aromatic rings. The van der Waals surface area contributed by atoms with Crippen molar-refractivity contribution in [2.24, 2.45) is 0 Å². The number of para-hydroxylation sites is 1. The van der Waals surface area contributed by atoms with Gasteiger partial charge in [-0.2, -0.15) is 0 Å². The largest absolute Gasteiger partial charge is 0.464 e. The SMILES string of the molecule is CCCCN(Cc1ccc(C(C)(C)C)cc1)Cc1coc2ccccc2c1=O. The van der Waals surface area contributed by atoms with Crippen LogP contribution in [0.1, 0.15) is 57.2 Å². The van der Waals surface area contributed by atoms with Gasteiger partial charge in [0.1, 0.15) is 5.58 Å². The Bertz CT molecular complexity index is 964. The van der Waals surface area contributed by atoms with Gasteiger partial charge >= 0.3 is 0 Å². The summed E-state index contributed by atoms with van der Waals surface area (Å²) in [5, 5.41) is 0.657. The molecule has 0 amide bonds. The zero-order valence-electron chi connectivity index (χ0n) is 17.5. The van der Waals surface area contributed by atoms with Crippen molar-refractivity contribution in [3.8, 4) is 0 Å². The first-order valence-corrected chi connectivity index (χ1v) is 10.2. The minimum Gasteiger partial charge on any atom is -0.464 e. The highest BCUT2D eigenvalue weighted by atomic mass is 16.3. The molecule has 0 N–H and O–H groups in total. The molecule has 28 heavy (non-hydrogen) atoms. The molecular formula is C25H31NO2. The molecule has 2 aromatic carbocycles. The van der Waals surface area contributed by atoms with Crippen molar-refractivity contribution in [1.29, 1.82) is 0 Å². The maximum absolute atomic E-state index is 12.9.